The van der Waals surface area contributed by atoms with Gasteiger partial charge in [-0.2, -0.15) is 0 Å². The Morgan fingerprint density at radius 3 is 2.54 bits per heavy atom. The average Bonchev–Trinajstić information content (AvgIpc) is 3.11. The first-order valence-electron chi connectivity index (χ1n) is 8.33. The predicted molar refractivity (Wildman–Crippen MR) is 102 cm³/mol. The van der Waals surface area contributed by atoms with Crippen molar-refractivity contribution >= 4 is 34.7 Å². The van der Waals surface area contributed by atoms with Crippen LogP contribution < -0.4 is 4.90 Å². The summed E-state index contributed by atoms with van der Waals surface area (Å²) in [5.41, 5.74) is 2.37. The number of para-hydroxylation sites is 1. The fourth-order valence-corrected chi connectivity index (χ4v) is 4.46. The van der Waals surface area contributed by atoms with Crippen molar-refractivity contribution in [3.05, 3.63) is 47.5 Å². The molecule has 2 aromatic carbocycles. The molecule has 24 heavy (non-hydrogen) atoms. The van der Waals surface area contributed by atoms with Gasteiger partial charge in [-0.25, -0.2) is 0 Å². The Morgan fingerprint density at radius 1 is 0.917 bits per heavy atom. The first kappa shape index (κ1) is 15.9. The van der Waals surface area contributed by atoms with E-state index in [0.717, 1.165) is 17.3 Å². The highest BCUT2D eigenvalue weighted by Crippen LogP contribution is 2.48. The van der Waals surface area contributed by atoms with Gasteiger partial charge < -0.3 is 4.90 Å². The minimum absolute atomic E-state index is 0.693. The van der Waals surface area contributed by atoms with Gasteiger partial charge in [-0.15, -0.1) is 0 Å². The van der Waals surface area contributed by atoms with Crippen LogP contribution in [0, 0.1) is 11.8 Å². The van der Waals surface area contributed by atoms with Crippen molar-refractivity contribution in [3.8, 4) is 11.8 Å². The number of halogens is 1. The van der Waals surface area contributed by atoms with Crippen LogP contribution in [0.3, 0.4) is 0 Å². The summed E-state index contributed by atoms with van der Waals surface area (Å²) in [5, 5.41) is 0.767. The number of benzene rings is 2. The SMILES string of the molecule is Clc1ccc2c(c1)N(CC#CCN1CCCC1)c1ccccc1S2. The summed E-state index contributed by atoms with van der Waals surface area (Å²) in [7, 11) is 0. The van der Waals surface area contributed by atoms with Crippen molar-refractivity contribution in [3.63, 3.8) is 0 Å². The van der Waals surface area contributed by atoms with Crippen LogP contribution in [0.2, 0.25) is 5.02 Å². The van der Waals surface area contributed by atoms with Gasteiger partial charge in [0, 0.05) is 14.8 Å². The van der Waals surface area contributed by atoms with Gasteiger partial charge in [-0.05, 0) is 56.3 Å². The molecular formula is C20H19ClN2S. The van der Waals surface area contributed by atoms with Crippen LogP contribution in [0.25, 0.3) is 0 Å². The molecule has 0 amide bonds. The third-order valence-electron chi connectivity index (χ3n) is 4.45. The Kier molecular flexibility index (Phi) is 4.71. The van der Waals surface area contributed by atoms with E-state index in [0.29, 0.717) is 6.54 Å². The molecule has 4 rings (SSSR count). The molecule has 2 aliphatic heterocycles. The van der Waals surface area contributed by atoms with Crippen molar-refractivity contribution < 1.29 is 0 Å². The largest absolute Gasteiger partial charge is 0.328 e. The summed E-state index contributed by atoms with van der Waals surface area (Å²) < 4.78 is 0. The molecule has 2 heterocycles. The van der Waals surface area contributed by atoms with Gasteiger partial charge >= 0.3 is 0 Å². The zero-order valence-electron chi connectivity index (χ0n) is 13.5. The number of rotatable bonds is 2. The van der Waals surface area contributed by atoms with Crippen LogP contribution in [0.1, 0.15) is 12.8 Å². The molecule has 0 bridgehead atoms. The van der Waals surface area contributed by atoms with Gasteiger partial charge in [-0.1, -0.05) is 47.3 Å². The average molecular weight is 355 g/mol. The molecule has 1 saturated heterocycles. The molecule has 0 aliphatic carbocycles. The fourth-order valence-electron chi connectivity index (χ4n) is 3.22. The maximum atomic E-state index is 6.24. The van der Waals surface area contributed by atoms with Crippen LogP contribution in [-0.2, 0) is 0 Å². The number of anilines is 2. The molecule has 2 nitrogen and oxygen atoms in total. The minimum Gasteiger partial charge on any atom is -0.328 e. The fraction of sp³-hybridized carbons (Fsp3) is 0.300. The Hall–Kier alpha value is -1.60. The first-order chi connectivity index (χ1) is 11.8. The second-order valence-electron chi connectivity index (χ2n) is 6.10. The summed E-state index contributed by atoms with van der Waals surface area (Å²) in [6, 6.07) is 14.6. The van der Waals surface area contributed by atoms with Crippen molar-refractivity contribution in [1.82, 2.24) is 4.90 Å². The molecule has 4 heteroatoms. The molecule has 0 unspecified atom stereocenters. The highest BCUT2D eigenvalue weighted by molar-refractivity contribution is 7.99. The van der Waals surface area contributed by atoms with Gasteiger partial charge in [0.15, 0.2) is 0 Å². The van der Waals surface area contributed by atoms with Crippen molar-refractivity contribution in [2.24, 2.45) is 0 Å². The third-order valence-corrected chi connectivity index (χ3v) is 5.82. The second kappa shape index (κ2) is 7.11. The van der Waals surface area contributed by atoms with Gasteiger partial charge in [0.25, 0.3) is 0 Å². The highest BCUT2D eigenvalue weighted by atomic mass is 35.5. The lowest BCUT2D eigenvalue weighted by molar-refractivity contribution is 0.383. The van der Waals surface area contributed by atoms with E-state index in [1.54, 1.807) is 11.8 Å². The quantitative estimate of drug-likeness (QED) is 0.697. The van der Waals surface area contributed by atoms with E-state index in [1.165, 1.54) is 41.4 Å². The Morgan fingerprint density at radius 2 is 1.67 bits per heavy atom. The van der Waals surface area contributed by atoms with Gasteiger partial charge in [0.2, 0.25) is 0 Å². The van der Waals surface area contributed by atoms with Crippen LogP contribution in [0.5, 0.6) is 0 Å². The molecule has 0 saturated carbocycles. The molecule has 2 aliphatic rings. The molecular weight excluding hydrogens is 336 g/mol. The van der Waals surface area contributed by atoms with Crippen LogP contribution in [0.15, 0.2) is 52.3 Å². The third kappa shape index (κ3) is 3.28. The van der Waals surface area contributed by atoms with E-state index in [-0.39, 0.29) is 0 Å². The first-order valence-corrected chi connectivity index (χ1v) is 9.53. The number of likely N-dealkylation sites (tertiary alicyclic amines) is 1. The van der Waals surface area contributed by atoms with Gasteiger partial charge in [0.1, 0.15) is 0 Å². The summed E-state index contributed by atoms with van der Waals surface area (Å²) in [5.74, 6) is 6.71. The summed E-state index contributed by atoms with van der Waals surface area (Å²) in [6.07, 6.45) is 2.62. The topological polar surface area (TPSA) is 6.48 Å². The van der Waals surface area contributed by atoms with Crippen LogP contribution in [-0.4, -0.2) is 31.1 Å². The molecule has 0 aromatic heterocycles. The van der Waals surface area contributed by atoms with Gasteiger partial charge in [-0.3, -0.25) is 4.90 Å². The maximum absolute atomic E-state index is 6.24. The molecule has 0 N–H and O–H groups in total. The monoisotopic (exact) mass is 354 g/mol. The normalized spacial score (nSPS) is 16.3. The van der Waals surface area contributed by atoms with Gasteiger partial charge in [0.05, 0.1) is 24.5 Å². The van der Waals surface area contributed by atoms with Crippen molar-refractivity contribution in [2.45, 2.75) is 22.6 Å². The molecule has 1 fully saturated rings. The number of fused-ring (bicyclic) bond motifs is 2. The summed E-state index contributed by atoms with van der Waals surface area (Å²) >= 11 is 8.04. The van der Waals surface area contributed by atoms with E-state index < -0.39 is 0 Å². The Labute approximate surface area is 152 Å². The number of nitrogens with zero attached hydrogens (tertiary/aromatic N) is 2. The smallest absolute Gasteiger partial charge is 0.0844 e. The van der Waals surface area contributed by atoms with E-state index in [9.17, 15) is 0 Å². The lowest BCUT2D eigenvalue weighted by Crippen LogP contribution is -2.22. The lowest BCUT2D eigenvalue weighted by Gasteiger charge is -2.31. The second-order valence-corrected chi connectivity index (χ2v) is 7.62. The lowest BCUT2D eigenvalue weighted by atomic mass is 10.2. The maximum Gasteiger partial charge on any atom is 0.0844 e. The standard InChI is InChI=1S/C20H19ClN2S/c21-16-9-10-20-18(15-16)23(17-7-1-2-8-19(17)24-20)14-6-5-13-22-11-3-4-12-22/h1-2,7-10,15H,3-4,11-14H2. The van der Waals surface area contributed by atoms with Crippen LogP contribution >= 0.6 is 23.4 Å². The van der Waals surface area contributed by atoms with E-state index in [1.807, 2.05) is 12.1 Å². The molecule has 122 valence electrons. The van der Waals surface area contributed by atoms with E-state index in [2.05, 4.69) is 52.0 Å². The van der Waals surface area contributed by atoms with Crippen molar-refractivity contribution in [1.29, 1.82) is 0 Å². The summed E-state index contributed by atoms with van der Waals surface area (Å²) in [4.78, 5) is 7.22. The Balaban J connectivity index is 1.59. The minimum atomic E-state index is 0.693. The van der Waals surface area contributed by atoms with E-state index >= 15 is 0 Å². The predicted octanol–water partition coefficient (Wildman–Crippen LogP) is 5.04. The molecule has 0 radical (unpaired) electrons. The highest BCUT2D eigenvalue weighted by Gasteiger charge is 2.22. The number of hydrogen-bond acceptors (Lipinski definition) is 3. The van der Waals surface area contributed by atoms with Crippen LogP contribution in [0.4, 0.5) is 11.4 Å². The number of hydrogen-bond donors (Lipinski definition) is 0. The molecule has 2 aromatic rings. The van der Waals surface area contributed by atoms with Crippen molar-refractivity contribution in [2.75, 3.05) is 31.1 Å². The Bertz CT molecular complexity index is 803. The molecule has 0 spiro atoms. The zero-order chi connectivity index (χ0) is 16.4. The summed E-state index contributed by atoms with van der Waals surface area (Å²) in [6.45, 7) is 3.96. The molecule has 0 atom stereocenters. The van der Waals surface area contributed by atoms with E-state index in [4.69, 9.17) is 11.6 Å². The zero-order valence-corrected chi connectivity index (χ0v) is 15.0.